The predicted octanol–water partition coefficient (Wildman–Crippen LogP) is 2.13. The van der Waals surface area contributed by atoms with Gasteiger partial charge in [0.05, 0.1) is 12.6 Å². The zero-order chi connectivity index (χ0) is 14.3. The molecule has 0 aromatic heterocycles. The van der Waals surface area contributed by atoms with Crippen LogP contribution in [0.5, 0.6) is 0 Å². The van der Waals surface area contributed by atoms with Gasteiger partial charge in [-0.05, 0) is 29.7 Å². The van der Waals surface area contributed by atoms with Gasteiger partial charge in [-0.25, -0.2) is 13.2 Å². The Morgan fingerprint density at radius 3 is 2.76 bits per heavy atom. The summed E-state index contributed by atoms with van der Waals surface area (Å²) in [6.45, 7) is 0.319. The Kier molecular flexibility index (Phi) is 4.49. The fourth-order valence-electron chi connectivity index (χ4n) is 2.82. The van der Waals surface area contributed by atoms with Crippen molar-refractivity contribution in [3.63, 3.8) is 0 Å². The van der Waals surface area contributed by atoms with E-state index in [0.29, 0.717) is 13.0 Å². The summed E-state index contributed by atoms with van der Waals surface area (Å²) in [4.78, 5) is 13.7. The summed E-state index contributed by atoms with van der Waals surface area (Å²) in [5, 5.41) is 2.56. The van der Waals surface area contributed by atoms with Crippen LogP contribution in [-0.4, -0.2) is 35.9 Å². The zero-order valence-corrected chi connectivity index (χ0v) is 12.1. The molecule has 1 atom stereocenters. The maximum absolute atomic E-state index is 13.2. The fraction of sp³-hybridized carbons (Fsp3) is 0.500. The molecule has 2 heterocycles. The van der Waals surface area contributed by atoms with Crippen molar-refractivity contribution in [2.24, 2.45) is 0 Å². The maximum atomic E-state index is 13.2. The second-order valence-corrected chi connectivity index (χ2v) is 5.42. The molecule has 1 aromatic rings. The van der Waals surface area contributed by atoms with E-state index in [1.54, 1.807) is 6.07 Å². The number of hydrogen-bond acceptors (Lipinski definition) is 2. The molecule has 1 amide bonds. The molecule has 116 valence electrons. The van der Waals surface area contributed by atoms with Gasteiger partial charge in [-0.2, -0.15) is 0 Å². The molecule has 0 radical (unpaired) electrons. The molecule has 21 heavy (non-hydrogen) atoms. The molecule has 2 aliphatic heterocycles. The van der Waals surface area contributed by atoms with E-state index in [9.17, 15) is 18.0 Å². The van der Waals surface area contributed by atoms with Crippen molar-refractivity contribution in [3.8, 4) is 0 Å². The first-order valence-corrected chi connectivity index (χ1v) is 6.62. The van der Waals surface area contributed by atoms with Crippen LogP contribution in [0.1, 0.15) is 17.5 Å². The van der Waals surface area contributed by atoms with Crippen molar-refractivity contribution < 1.29 is 18.0 Å². The number of nitrogens with one attached hydrogen (secondary N) is 1. The van der Waals surface area contributed by atoms with Crippen LogP contribution in [0, 0.1) is 5.82 Å². The number of nitrogens with zero attached hydrogens (tertiary/aromatic N) is 1. The molecule has 1 saturated heterocycles. The second-order valence-electron chi connectivity index (χ2n) is 5.42. The van der Waals surface area contributed by atoms with Crippen LogP contribution >= 0.6 is 12.4 Å². The predicted molar refractivity (Wildman–Crippen MR) is 74.1 cm³/mol. The Labute approximate surface area is 126 Å². The van der Waals surface area contributed by atoms with Crippen LogP contribution in [0.2, 0.25) is 0 Å². The van der Waals surface area contributed by atoms with Gasteiger partial charge in [0.15, 0.2) is 0 Å². The Hall–Kier alpha value is -1.27. The first-order valence-electron chi connectivity index (χ1n) is 6.62. The fourth-order valence-corrected chi connectivity index (χ4v) is 2.82. The van der Waals surface area contributed by atoms with Crippen LogP contribution in [-0.2, 0) is 17.8 Å². The van der Waals surface area contributed by atoms with Crippen LogP contribution < -0.4 is 5.32 Å². The Morgan fingerprint density at radius 2 is 2.10 bits per heavy atom. The molecule has 3 rings (SSSR count). The highest BCUT2D eigenvalue weighted by atomic mass is 35.5. The van der Waals surface area contributed by atoms with E-state index >= 15 is 0 Å². The van der Waals surface area contributed by atoms with Gasteiger partial charge in [0.2, 0.25) is 5.91 Å². The van der Waals surface area contributed by atoms with Crippen molar-refractivity contribution in [1.29, 1.82) is 0 Å². The lowest BCUT2D eigenvalue weighted by Crippen LogP contribution is -2.45. The monoisotopic (exact) mass is 320 g/mol. The van der Waals surface area contributed by atoms with Gasteiger partial charge in [0.1, 0.15) is 5.82 Å². The summed E-state index contributed by atoms with van der Waals surface area (Å²) < 4.78 is 39.5. The molecule has 0 bridgehead atoms. The smallest absolute Gasteiger partial charge is 0.262 e. The molecule has 1 aromatic carbocycles. The zero-order valence-electron chi connectivity index (χ0n) is 11.2. The highest BCUT2D eigenvalue weighted by Crippen LogP contribution is 2.27. The number of carbonyl (C=O) groups excluding carboxylic acids is 1. The lowest BCUT2D eigenvalue weighted by atomic mass is 9.99. The number of fused-ring (bicyclic) bond motifs is 1. The first-order chi connectivity index (χ1) is 9.44. The lowest BCUT2D eigenvalue weighted by molar-refractivity contribution is -0.134. The van der Waals surface area contributed by atoms with Gasteiger partial charge in [-0.15, -0.1) is 12.4 Å². The quantitative estimate of drug-likeness (QED) is 0.860. The highest BCUT2D eigenvalue weighted by molar-refractivity contribution is 5.85. The van der Waals surface area contributed by atoms with E-state index in [4.69, 9.17) is 0 Å². The summed E-state index contributed by atoms with van der Waals surface area (Å²) >= 11 is 0. The molecule has 0 saturated carbocycles. The molecule has 3 nitrogen and oxygen atoms in total. The molecule has 0 spiro atoms. The number of rotatable bonds is 1. The largest absolute Gasteiger partial charge is 0.337 e. The first kappa shape index (κ1) is 16.1. The van der Waals surface area contributed by atoms with Crippen molar-refractivity contribution in [1.82, 2.24) is 10.2 Å². The number of alkyl halides is 2. The van der Waals surface area contributed by atoms with Crippen molar-refractivity contribution >= 4 is 18.3 Å². The van der Waals surface area contributed by atoms with Crippen LogP contribution in [0.3, 0.4) is 0 Å². The third-order valence-electron chi connectivity index (χ3n) is 3.90. The molecule has 0 aliphatic carbocycles. The Bertz CT molecular complexity index is 553. The molecule has 7 heteroatoms. The van der Waals surface area contributed by atoms with Gasteiger partial charge in [-0.1, -0.05) is 6.07 Å². The number of carbonyl (C=O) groups is 1. The Balaban J connectivity index is 0.00000161. The average Bonchev–Trinajstić information content (AvgIpc) is 2.77. The van der Waals surface area contributed by atoms with E-state index in [-0.39, 0.29) is 30.7 Å². The lowest BCUT2D eigenvalue weighted by Gasteiger charge is -2.30. The SMILES string of the molecule is Cl.O=C(C1CC(F)(F)CN1)N1CCc2ccc(F)cc2C1. The normalized spacial score (nSPS) is 23.4. The van der Waals surface area contributed by atoms with Crippen LogP contribution in [0.4, 0.5) is 13.2 Å². The van der Waals surface area contributed by atoms with E-state index < -0.39 is 24.9 Å². The third-order valence-corrected chi connectivity index (χ3v) is 3.90. The third kappa shape index (κ3) is 3.32. The van der Waals surface area contributed by atoms with Gasteiger partial charge < -0.3 is 4.90 Å². The number of hydrogen-bond donors (Lipinski definition) is 1. The minimum absolute atomic E-state index is 0. The highest BCUT2D eigenvalue weighted by Gasteiger charge is 2.43. The van der Waals surface area contributed by atoms with Gasteiger partial charge in [0.25, 0.3) is 5.92 Å². The van der Waals surface area contributed by atoms with Gasteiger partial charge >= 0.3 is 0 Å². The molecular weight excluding hydrogens is 305 g/mol. The molecule has 2 aliphatic rings. The van der Waals surface area contributed by atoms with Crippen molar-refractivity contribution in [2.45, 2.75) is 31.4 Å². The molecule has 1 fully saturated rings. The van der Waals surface area contributed by atoms with Crippen molar-refractivity contribution in [3.05, 3.63) is 35.1 Å². The average molecular weight is 321 g/mol. The summed E-state index contributed by atoms with van der Waals surface area (Å²) in [6.07, 6.45) is 0.169. The standard InChI is InChI=1S/C14H15F3N2O.ClH/c15-11-2-1-9-3-4-19(7-10(9)5-11)13(20)12-6-14(16,17)8-18-12;/h1-2,5,12,18H,3-4,6-8H2;1H. The van der Waals surface area contributed by atoms with Gasteiger partial charge in [0, 0.05) is 19.5 Å². The van der Waals surface area contributed by atoms with Crippen LogP contribution in [0.25, 0.3) is 0 Å². The van der Waals surface area contributed by atoms with Crippen molar-refractivity contribution in [2.75, 3.05) is 13.1 Å². The molecular formula is C14H16ClF3N2O. The number of amides is 1. The minimum atomic E-state index is -2.82. The van der Waals surface area contributed by atoms with E-state index in [2.05, 4.69) is 5.32 Å². The maximum Gasteiger partial charge on any atom is 0.262 e. The topological polar surface area (TPSA) is 32.3 Å². The van der Waals surface area contributed by atoms with E-state index in [0.717, 1.165) is 11.1 Å². The second kappa shape index (κ2) is 5.85. The van der Waals surface area contributed by atoms with Gasteiger partial charge in [-0.3, -0.25) is 10.1 Å². The minimum Gasteiger partial charge on any atom is -0.337 e. The van der Waals surface area contributed by atoms with E-state index in [1.807, 2.05) is 0 Å². The van der Waals surface area contributed by atoms with Crippen LogP contribution in [0.15, 0.2) is 18.2 Å². The van der Waals surface area contributed by atoms with E-state index in [1.165, 1.54) is 17.0 Å². The molecule has 1 unspecified atom stereocenters. The number of benzene rings is 1. The summed E-state index contributed by atoms with van der Waals surface area (Å²) in [6, 6.07) is 3.69. The summed E-state index contributed by atoms with van der Waals surface area (Å²) in [5.41, 5.74) is 1.77. The summed E-state index contributed by atoms with van der Waals surface area (Å²) in [7, 11) is 0. The number of halogens is 4. The molecule has 1 N–H and O–H groups in total. The Morgan fingerprint density at radius 1 is 1.33 bits per heavy atom. The summed E-state index contributed by atoms with van der Waals surface area (Å²) in [5.74, 6) is -3.49.